The van der Waals surface area contributed by atoms with Gasteiger partial charge in [0.25, 0.3) is 5.56 Å². The second-order valence-electron chi connectivity index (χ2n) is 5.12. The van der Waals surface area contributed by atoms with E-state index in [0.717, 1.165) is 48.6 Å². The van der Waals surface area contributed by atoms with Crippen LogP contribution < -0.4 is 10.3 Å². The van der Waals surface area contributed by atoms with Crippen LogP contribution in [-0.4, -0.2) is 28.8 Å². The van der Waals surface area contributed by atoms with Gasteiger partial charge in [-0.05, 0) is 17.7 Å². The van der Waals surface area contributed by atoms with Gasteiger partial charge < -0.3 is 4.74 Å². The van der Waals surface area contributed by atoms with Gasteiger partial charge in [-0.15, -0.1) is 0 Å². The number of ether oxygens (including phenoxy) is 1. The van der Waals surface area contributed by atoms with Gasteiger partial charge in [0, 0.05) is 42.7 Å². The zero-order valence-electron chi connectivity index (χ0n) is 11.7. The molecular weight excluding hydrogens is 290 g/mol. The largest absolute Gasteiger partial charge is 0.496 e. The summed E-state index contributed by atoms with van der Waals surface area (Å²) in [6, 6.07) is 7.30. The highest BCUT2D eigenvalue weighted by atomic mass is 35.5. The van der Waals surface area contributed by atoms with Gasteiger partial charge in [0.1, 0.15) is 5.75 Å². The Labute approximate surface area is 127 Å². The smallest absolute Gasteiger partial charge is 0.264 e. The number of methoxy groups -OCH3 is 1. The Hall–Kier alpha value is -1.85. The molecule has 1 aromatic heterocycles. The van der Waals surface area contributed by atoms with Crippen LogP contribution in [0.15, 0.2) is 29.1 Å². The summed E-state index contributed by atoms with van der Waals surface area (Å²) in [7, 11) is 1.64. The Bertz CT molecular complexity index is 714. The molecule has 5 nitrogen and oxygen atoms in total. The zero-order chi connectivity index (χ0) is 14.8. The Balaban J connectivity index is 1.79. The first kappa shape index (κ1) is 14.1. The number of benzene rings is 1. The molecule has 3 rings (SSSR count). The lowest BCUT2D eigenvalue weighted by Gasteiger charge is -2.28. The molecule has 2 aromatic rings. The fraction of sp³-hybridized carbons (Fsp3) is 0.333. The van der Waals surface area contributed by atoms with E-state index in [1.165, 1.54) is 0 Å². The number of nitrogens with one attached hydrogen (secondary N) is 1. The third-order valence-electron chi connectivity index (χ3n) is 3.68. The lowest BCUT2D eigenvalue weighted by atomic mass is 10.1. The lowest BCUT2D eigenvalue weighted by Crippen LogP contribution is -2.32. The van der Waals surface area contributed by atoms with E-state index in [2.05, 4.69) is 15.1 Å². The van der Waals surface area contributed by atoms with E-state index in [0.29, 0.717) is 5.02 Å². The van der Waals surface area contributed by atoms with Crippen LogP contribution in [0.4, 0.5) is 0 Å². The number of fused-ring (bicyclic) bond motifs is 1. The molecule has 0 saturated heterocycles. The first-order chi connectivity index (χ1) is 10.2. The van der Waals surface area contributed by atoms with Crippen molar-refractivity contribution in [1.82, 2.24) is 15.1 Å². The van der Waals surface area contributed by atoms with Gasteiger partial charge in [-0.25, -0.2) is 5.10 Å². The molecule has 110 valence electrons. The molecular formula is C15H16ClN3O2. The minimum atomic E-state index is -0.153. The number of hydrogen-bond acceptors (Lipinski definition) is 4. The average molecular weight is 306 g/mol. The van der Waals surface area contributed by atoms with Gasteiger partial charge >= 0.3 is 0 Å². The number of aromatic nitrogens is 2. The summed E-state index contributed by atoms with van der Waals surface area (Å²) in [6.07, 6.45) is 0.835. The number of aromatic amines is 1. The third kappa shape index (κ3) is 3.09. The summed E-state index contributed by atoms with van der Waals surface area (Å²) < 4.78 is 5.38. The minimum Gasteiger partial charge on any atom is -0.496 e. The van der Waals surface area contributed by atoms with Crippen molar-refractivity contribution in [3.63, 3.8) is 0 Å². The maximum atomic E-state index is 11.4. The second-order valence-corrected chi connectivity index (χ2v) is 5.56. The van der Waals surface area contributed by atoms with E-state index in [9.17, 15) is 4.79 Å². The summed E-state index contributed by atoms with van der Waals surface area (Å²) in [4.78, 5) is 13.6. The van der Waals surface area contributed by atoms with E-state index in [1.54, 1.807) is 13.2 Å². The van der Waals surface area contributed by atoms with E-state index in [4.69, 9.17) is 16.3 Å². The summed E-state index contributed by atoms with van der Waals surface area (Å²) in [6.45, 7) is 2.38. The first-order valence-electron chi connectivity index (χ1n) is 6.78. The molecule has 0 atom stereocenters. The quantitative estimate of drug-likeness (QED) is 0.942. The molecule has 0 bridgehead atoms. The van der Waals surface area contributed by atoms with Gasteiger partial charge in [-0.2, -0.15) is 5.10 Å². The Kier molecular flexibility index (Phi) is 3.94. The van der Waals surface area contributed by atoms with Crippen molar-refractivity contribution in [2.24, 2.45) is 0 Å². The molecule has 2 heterocycles. The van der Waals surface area contributed by atoms with Gasteiger partial charge in [-0.1, -0.05) is 17.7 Å². The third-order valence-corrected chi connectivity index (χ3v) is 3.91. The van der Waals surface area contributed by atoms with E-state index in [-0.39, 0.29) is 5.56 Å². The van der Waals surface area contributed by atoms with Crippen LogP contribution in [0.5, 0.6) is 5.75 Å². The fourth-order valence-electron chi connectivity index (χ4n) is 2.63. The molecule has 6 heteroatoms. The Morgan fingerprint density at radius 1 is 1.43 bits per heavy atom. The summed E-state index contributed by atoms with van der Waals surface area (Å²) >= 11 is 5.98. The average Bonchev–Trinajstić information content (AvgIpc) is 2.48. The van der Waals surface area contributed by atoms with Gasteiger partial charge in [0.2, 0.25) is 0 Å². The Morgan fingerprint density at radius 3 is 3.10 bits per heavy atom. The SMILES string of the molecule is COc1cc(Cl)ccc1CN1CCc2n[nH]c(=O)cc2C1. The molecule has 21 heavy (non-hydrogen) atoms. The van der Waals surface area contributed by atoms with Crippen molar-refractivity contribution in [2.75, 3.05) is 13.7 Å². The number of halogens is 1. The van der Waals surface area contributed by atoms with Crippen molar-refractivity contribution in [2.45, 2.75) is 19.5 Å². The molecule has 0 amide bonds. The molecule has 0 spiro atoms. The highest BCUT2D eigenvalue weighted by Crippen LogP contribution is 2.26. The molecule has 0 radical (unpaired) electrons. The van der Waals surface area contributed by atoms with E-state index >= 15 is 0 Å². The second kappa shape index (κ2) is 5.87. The van der Waals surface area contributed by atoms with Crippen molar-refractivity contribution >= 4 is 11.6 Å². The normalized spacial score (nSPS) is 14.8. The van der Waals surface area contributed by atoms with Gasteiger partial charge in [-0.3, -0.25) is 9.69 Å². The van der Waals surface area contributed by atoms with Crippen LogP contribution in [0.25, 0.3) is 0 Å². The number of hydrogen-bond donors (Lipinski definition) is 1. The van der Waals surface area contributed by atoms with Crippen LogP contribution in [0.2, 0.25) is 5.02 Å². The number of H-pyrrole nitrogens is 1. The molecule has 0 unspecified atom stereocenters. The predicted molar refractivity (Wildman–Crippen MR) is 80.7 cm³/mol. The Morgan fingerprint density at radius 2 is 2.29 bits per heavy atom. The van der Waals surface area contributed by atoms with Gasteiger partial charge in [0.15, 0.2) is 0 Å². The van der Waals surface area contributed by atoms with Crippen molar-refractivity contribution in [1.29, 1.82) is 0 Å². The maximum absolute atomic E-state index is 11.4. The fourth-order valence-corrected chi connectivity index (χ4v) is 2.79. The van der Waals surface area contributed by atoms with Crippen LogP contribution in [0.1, 0.15) is 16.8 Å². The zero-order valence-corrected chi connectivity index (χ0v) is 12.5. The standard InChI is InChI=1S/C15H16ClN3O2/c1-21-14-7-12(16)3-2-10(14)8-19-5-4-13-11(9-19)6-15(20)18-17-13/h2-3,6-7H,4-5,8-9H2,1H3,(H,18,20). The van der Waals surface area contributed by atoms with Crippen LogP contribution in [-0.2, 0) is 19.5 Å². The van der Waals surface area contributed by atoms with Gasteiger partial charge in [0.05, 0.1) is 12.8 Å². The lowest BCUT2D eigenvalue weighted by molar-refractivity contribution is 0.238. The molecule has 0 saturated carbocycles. The molecule has 1 aliphatic rings. The number of nitrogens with zero attached hydrogens (tertiary/aromatic N) is 2. The maximum Gasteiger partial charge on any atom is 0.264 e. The molecule has 1 aromatic carbocycles. The minimum absolute atomic E-state index is 0.153. The summed E-state index contributed by atoms with van der Waals surface area (Å²) in [5.74, 6) is 0.789. The van der Waals surface area contributed by atoms with Crippen molar-refractivity contribution in [3.05, 3.63) is 56.5 Å². The first-order valence-corrected chi connectivity index (χ1v) is 7.16. The predicted octanol–water partition coefficient (Wildman–Crippen LogP) is 1.99. The topological polar surface area (TPSA) is 58.2 Å². The van der Waals surface area contributed by atoms with Crippen LogP contribution in [0, 0.1) is 0 Å². The van der Waals surface area contributed by atoms with Crippen LogP contribution in [0.3, 0.4) is 0 Å². The highest BCUT2D eigenvalue weighted by Gasteiger charge is 2.19. The molecule has 1 N–H and O–H groups in total. The molecule has 0 aliphatic carbocycles. The van der Waals surface area contributed by atoms with E-state index in [1.807, 2.05) is 18.2 Å². The van der Waals surface area contributed by atoms with Crippen molar-refractivity contribution < 1.29 is 4.74 Å². The van der Waals surface area contributed by atoms with Crippen molar-refractivity contribution in [3.8, 4) is 5.75 Å². The molecule has 1 aliphatic heterocycles. The molecule has 0 fully saturated rings. The monoisotopic (exact) mass is 305 g/mol. The van der Waals surface area contributed by atoms with Crippen LogP contribution >= 0.6 is 11.6 Å². The highest BCUT2D eigenvalue weighted by molar-refractivity contribution is 6.30. The summed E-state index contributed by atoms with van der Waals surface area (Å²) in [5, 5.41) is 7.25. The number of rotatable bonds is 3. The summed E-state index contributed by atoms with van der Waals surface area (Å²) in [5.41, 5.74) is 2.91. The van der Waals surface area contributed by atoms with E-state index < -0.39 is 0 Å².